The lowest BCUT2D eigenvalue weighted by atomic mass is 10.3. The van der Waals surface area contributed by atoms with Crippen molar-refractivity contribution in [2.75, 3.05) is 5.32 Å². The van der Waals surface area contributed by atoms with Crippen LogP contribution in [0.5, 0.6) is 0 Å². The highest BCUT2D eigenvalue weighted by atomic mass is 16.3. The molecule has 6 nitrogen and oxygen atoms in total. The molecule has 0 saturated heterocycles. The first-order valence-corrected chi connectivity index (χ1v) is 7.44. The summed E-state index contributed by atoms with van der Waals surface area (Å²) in [5, 5.41) is 2.65. The maximum absolute atomic E-state index is 12.7. The van der Waals surface area contributed by atoms with E-state index in [0.717, 1.165) is 5.69 Å². The summed E-state index contributed by atoms with van der Waals surface area (Å²) in [5.74, 6) is 0.175. The Kier molecular flexibility index (Phi) is 4.20. The van der Waals surface area contributed by atoms with Crippen LogP contribution in [0.15, 0.2) is 64.0 Å². The molecule has 0 radical (unpaired) electrons. The van der Waals surface area contributed by atoms with E-state index in [1.165, 1.54) is 17.0 Å². The van der Waals surface area contributed by atoms with Crippen LogP contribution in [0, 0.1) is 6.92 Å². The minimum absolute atomic E-state index is 0.260. The molecule has 0 aliphatic rings. The Hall–Kier alpha value is -3.28. The van der Waals surface area contributed by atoms with Crippen LogP contribution < -0.4 is 10.9 Å². The monoisotopic (exact) mass is 323 g/mol. The summed E-state index contributed by atoms with van der Waals surface area (Å²) in [6.45, 7) is 1.78. The topological polar surface area (TPSA) is 69.2 Å². The zero-order chi connectivity index (χ0) is 17.1. The molecule has 0 atom stereocenters. The lowest BCUT2D eigenvalue weighted by Crippen LogP contribution is -2.22. The highest BCUT2D eigenvalue weighted by Crippen LogP contribution is 2.14. The van der Waals surface area contributed by atoms with E-state index in [1.807, 2.05) is 30.3 Å². The van der Waals surface area contributed by atoms with Crippen molar-refractivity contribution in [1.82, 2.24) is 9.36 Å². The molecule has 122 valence electrons. The van der Waals surface area contributed by atoms with E-state index in [0.29, 0.717) is 11.5 Å². The van der Waals surface area contributed by atoms with Crippen molar-refractivity contribution in [1.29, 1.82) is 0 Å². The van der Waals surface area contributed by atoms with Crippen LogP contribution in [0.2, 0.25) is 0 Å². The Balaban J connectivity index is 1.89. The highest BCUT2D eigenvalue weighted by molar-refractivity contribution is 6.02. The number of nitrogens with one attached hydrogen (secondary N) is 1. The molecule has 3 rings (SSSR count). The molecule has 1 N–H and O–H groups in total. The lowest BCUT2D eigenvalue weighted by molar-refractivity contribution is -0.111. The van der Waals surface area contributed by atoms with E-state index in [2.05, 4.69) is 5.32 Å². The second-order valence-corrected chi connectivity index (χ2v) is 5.27. The summed E-state index contributed by atoms with van der Waals surface area (Å²) >= 11 is 0. The smallest absolute Gasteiger partial charge is 0.295 e. The summed E-state index contributed by atoms with van der Waals surface area (Å²) in [4.78, 5) is 24.7. The number of carbonyl (C=O) groups is 1. The molecule has 0 aliphatic heterocycles. The van der Waals surface area contributed by atoms with Crippen molar-refractivity contribution in [3.8, 4) is 5.69 Å². The van der Waals surface area contributed by atoms with Crippen LogP contribution in [0.25, 0.3) is 11.8 Å². The number of amides is 1. The maximum Gasteiger partial charge on any atom is 0.295 e. The van der Waals surface area contributed by atoms with Gasteiger partial charge in [-0.3, -0.25) is 14.3 Å². The number of anilines is 1. The number of hydrogen-bond donors (Lipinski definition) is 1. The number of aromatic nitrogens is 2. The third-order valence-electron chi connectivity index (χ3n) is 3.74. The minimum Gasteiger partial charge on any atom is -0.465 e. The van der Waals surface area contributed by atoms with Gasteiger partial charge in [0.25, 0.3) is 5.56 Å². The standard InChI is InChI=1S/C18H17N3O3/c1-13-17(19-16(22)11-10-15-9-6-12-24-15)18(23)21(20(13)2)14-7-4-3-5-8-14/h3-12H,1-2H3,(H,19,22)/b11-10+. The second kappa shape index (κ2) is 6.45. The molecule has 3 aromatic rings. The first kappa shape index (κ1) is 15.6. The van der Waals surface area contributed by atoms with Gasteiger partial charge in [0.1, 0.15) is 11.4 Å². The summed E-state index contributed by atoms with van der Waals surface area (Å²) in [6.07, 6.45) is 4.40. The Morgan fingerprint density at radius 2 is 1.92 bits per heavy atom. The predicted octanol–water partition coefficient (Wildman–Crippen LogP) is 2.73. The van der Waals surface area contributed by atoms with Crippen molar-refractivity contribution in [3.63, 3.8) is 0 Å². The van der Waals surface area contributed by atoms with E-state index in [-0.39, 0.29) is 11.2 Å². The Bertz CT molecular complexity index is 932. The van der Waals surface area contributed by atoms with Crippen LogP contribution in [0.1, 0.15) is 11.5 Å². The molecule has 24 heavy (non-hydrogen) atoms. The van der Waals surface area contributed by atoms with Gasteiger partial charge in [0, 0.05) is 13.1 Å². The fraction of sp³-hybridized carbons (Fsp3) is 0.111. The first-order valence-electron chi connectivity index (χ1n) is 7.44. The molecule has 2 heterocycles. The number of hydrogen-bond acceptors (Lipinski definition) is 3. The number of benzene rings is 1. The molecule has 0 bridgehead atoms. The Morgan fingerprint density at radius 3 is 2.58 bits per heavy atom. The van der Waals surface area contributed by atoms with Gasteiger partial charge < -0.3 is 9.73 Å². The average molecular weight is 323 g/mol. The van der Waals surface area contributed by atoms with Crippen molar-refractivity contribution >= 4 is 17.7 Å². The van der Waals surface area contributed by atoms with Gasteiger partial charge in [-0.25, -0.2) is 4.68 Å². The summed E-state index contributed by atoms with van der Waals surface area (Å²) < 4.78 is 8.35. The van der Waals surface area contributed by atoms with E-state index >= 15 is 0 Å². The van der Waals surface area contributed by atoms with Gasteiger partial charge in [0.05, 0.1) is 17.6 Å². The minimum atomic E-state index is -0.391. The first-order chi connectivity index (χ1) is 11.6. The molecule has 1 amide bonds. The molecule has 0 fully saturated rings. The summed E-state index contributed by atoms with van der Waals surface area (Å²) in [5.41, 5.74) is 1.39. The molecule has 0 spiro atoms. The van der Waals surface area contributed by atoms with Gasteiger partial charge >= 0.3 is 0 Å². The molecule has 1 aromatic carbocycles. The maximum atomic E-state index is 12.7. The van der Waals surface area contributed by atoms with Crippen LogP contribution in [-0.4, -0.2) is 15.3 Å². The Labute approximate surface area is 138 Å². The molecule has 0 aliphatic carbocycles. The third kappa shape index (κ3) is 2.94. The quantitative estimate of drug-likeness (QED) is 0.751. The number of nitrogens with zero attached hydrogens (tertiary/aromatic N) is 2. The Morgan fingerprint density at radius 1 is 1.17 bits per heavy atom. The van der Waals surface area contributed by atoms with Crippen LogP contribution in [0.3, 0.4) is 0 Å². The third-order valence-corrected chi connectivity index (χ3v) is 3.74. The highest BCUT2D eigenvalue weighted by Gasteiger charge is 2.17. The molecule has 0 saturated carbocycles. The van der Waals surface area contributed by atoms with Gasteiger partial charge in [-0.2, -0.15) is 0 Å². The second-order valence-electron chi connectivity index (χ2n) is 5.27. The predicted molar refractivity (Wildman–Crippen MR) is 92.1 cm³/mol. The van der Waals surface area contributed by atoms with E-state index < -0.39 is 5.91 Å². The fourth-order valence-electron chi connectivity index (χ4n) is 2.42. The molecule has 6 heteroatoms. The van der Waals surface area contributed by atoms with E-state index in [1.54, 1.807) is 36.9 Å². The van der Waals surface area contributed by atoms with Crippen LogP contribution >= 0.6 is 0 Å². The average Bonchev–Trinajstić information content (AvgIpc) is 3.17. The van der Waals surface area contributed by atoms with Crippen molar-refractivity contribution in [2.24, 2.45) is 7.05 Å². The van der Waals surface area contributed by atoms with Gasteiger partial charge in [-0.05, 0) is 37.3 Å². The van der Waals surface area contributed by atoms with E-state index in [9.17, 15) is 9.59 Å². The van der Waals surface area contributed by atoms with Crippen molar-refractivity contribution in [3.05, 3.63) is 76.6 Å². The SMILES string of the molecule is Cc1c(NC(=O)/C=C/c2ccco2)c(=O)n(-c2ccccc2)n1C. The van der Waals surface area contributed by atoms with Gasteiger partial charge in [-0.15, -0.1) is 0 Å². The zero-order valence-corrected chi connectivity index (χ0v) is 13.4. The molecular formula is C18H17N3O3. The lowest BCUT2D eigenvalue weighted by Gasteiger charge is -2.07. The van der Waals surface area contributed by atoms with Crippen molar-refractivity contribution in [2.45, 2.75) is 6.92 Å². The summed E-state index contributed by atoms with van der Waals surface area (Å²) in [6, 6.07) is 12.7. The summed E-state index contributed by atoms with van der Waals surface area (Å²) in [7, 11) is 1.78. The van der Waals surface area contributed by atoms with Crippen LogP contribution in [0.4, 0.5) is 5.69 Å². The van der Waals surface area contributed by atoms with E-state index in [4.69, 9.17) is 4.42 Å². The van der Waals surface area contributed by atoms with Gasteiger partial charge in [0.2, 0.25) is 5.91 Å². The van der Waals surface area contributed by atoms with Crippen LogP contribution in [-0.2, 0) is 11.8 Å². The normalized spacial score (nSPS) is 11.1. The number of furan rings is 1. The molecule has 0 unspecified atom stereocenters. The zero-order valence-electron chi connectivity index (χ0n) is 13.4. The number of para-hydroxylation sites is 1. The number of rotatable bonds is 4. The van der Waals surface area contributed by atoms with Gasteiger partial charge in [0.15, 0.2) is 0 Å². The molecular weight excluding hydrogens is 306 g/mol. The molecule has 2 aromatic heterocycles. The van der Waals surface area contributed by atoms with Gasteiger partial charge in [-0.1, -0.05) is 18.2 Å². The van der Waals surface area contributed by atoms with Crippen molar-refractivity contribution < 1.29 is 9.21 Å². The fourth-order valence-corrected chi connectivity index (χ4v) is 2.42. The largest absolute Gasteiger partial charge is 0.465 e. The number of carbonyl (C=O) groups excluding carboxylic acids is 1.